The van der Waals surface area contributed by atoms with Crippen LogP contribution in [-0.4, -0.2) is 17.1 Å². The largest absolute Gasteiger partial charge is 0.487 e. The van der Waals surface area contributed by atoms with E-state index >= 15 is 0 Å². The lowest BCUT2D eigenvalue weighted by molar-refractivity contribution is 0.0955. The van der Waals surface area contributed by atoms with Crippen molar-refractivity contribution in [1.82, 2.24) is 10.4 Å². The van der Waals surface area contributed by atoms with Gasteiger partial charge in [-0.2, -0.15) is 5.10 Å². The SMILES string of the molecule is O=C(N/N=C\c1ccc(OCc2ccc(F)cc2)c(Cl)c1)c1ccc(-c2csc(Nc3ccc(Cl)cc3)n2)cc1. The van der Waals surface area contributed by atoms with Crippen LogP contribution in [0.4, 0.5) is 15.2 Å². The molecule has 0 atom stereocenters. The molecular formula is C30H21Cl2FN4O2S. The zero-order valence-corrected chi connectivity index (χ0v) is 23.1. The van der Waals surface area contributed by atoms with Crippen molar-refractivity contribution in [2.45, 2.75) is 6.61 Å². The monoisotopic (exact) mass is 590 g/mol. The molecule has 1 heterocycles. The zero-order chi connectivity index (χ0) is 27.9. The Bertz CT molecular complexity index is 1640. The van der Waals surface area contributed by atoms with Gasteiger partial charge in [0.15, 0.2) is 5.13 Å². The maximum atomic E-state index is 13.0. The molecule has 0 saturated carbocycles. The number of rotatable bonds is 9. The van der Waals surface area contributed by atoms with Gasteiger partial charge in [0.1, 0.15) is 18.2 Å². The lowest BCUT2D eigenvalue weighted by Crippen LogP contribution is -2.17. The van der Waals surface area contributed by atoms with Crippen LogP contribution in [0.1, 0.15) is 21.5 Å². The Balaban J connectivity index is 1.14. The molecule has 1 aromatic heterocycles. The van der Waals surface area contributed by atoms with Crippen LogP contribution in [0, 0.1) is 5.82 Å². The van der Waals surface area contributed by atoms with Gasteiger partial charge in [-0.05, 0) is 77.9 Å². The van der Waals surface area contributed by atoms with Gasteiger partial charge in [-0.15, -0.1) is 11.3 Å². The summed E-state index contributed by atoms with van der Waals surface area (Å²) >= 11 is 13.7. The second kappa shape index (κ2) is 12.7. The highest BCUT2D eigenvalue weighted by Gasteiger charge is 2.09. The first-order chi connectivity index (χ1) is 19.4. The van der Waals surface area contributed by atoms with Crippen molar-refractivity contribution in [3.8, 4) is 17.0 Å². The molecule has 2 N–H and O–H groups in total. The molecule has 0 aliphatic heterocycles. The van der Waals surface area contributed by atoms with Gasteiger partial charge in [0.25, 0.3) is 5.91 Å². The van der Waals surface area contributed by atoms with E-state index in [0.717, 1.165) is 27.6 Å². The van der Waals surface area contributed by atoms with Gasteiger partial charge >= 0.3 is 0 Å². The number of nitrogens with one attached hydrogen (secondary N) is 2. The Hall–Kier alpha value is -4.24. The lowest BCUT2D eigenvalue weighted by atomic mass is 10.1. The number of anilines is 2. The standard InChI is InChI=1S/C30H21Cl2FN4O2S/c31-23-8-12-25(13-9-23)35-30-36-27(18-40-30)21-4-6-22(7-5-21)29(38)37-34-16-20-3-14-28(26(32)15-20)39-17-19-1-10-24(33)11-2-19/h1-16,18H,17H2,(H,35,36)(H,37,38)/b34-16-. The van der Waals surface area contributed by atoms with Gasteiger partial charge in [0.05, 0.1) is 16.9 Å². The van der Waals surface area contributed by atoms with Crippen molar-refractivity contribution in [3.05, 3.63) is 129 Å². The van der Waals surface area contributed by atoms with E-state index in [2.05, 4.69) is 20.8 Å². The van der Waals surface area contributed by atoms with Crippen LogP contribution in [0.25, 0.3) is 11.3 Å². The maximum absolute atomic E-state index is 13.0. The Kier molecular flexibility index (Phi) is 8.71. The number of aromatic nitrogens is 1. The molecule has 0 fully saturated rings. The molecule has 0 bridgehead atoms. The number of hydrogen-bond donors (Lipinski definition) is 2. The summed E-state index contributed by atoms with van der Waals surface area (Å²) in [5.74, 6) is -0.167. The minimum Gasteiger partial charge on any atom is -0.487 e. The number of carbonyl (C=O) groups is 1. The summed E-state index contributed by atoms with van der Waals surface area (Å²) in [5.41, 5.74) is 7.06. The van der Waals surface area contributed by atoms with Crippen molar-refractivity contribution in [3.63, 3.8) is 0 Å². The van der Waals surface area contributed by atoms with E-state index in [0.29, 0.717) is 26.9 Å². The summed E-state index contributed by atoms with van der Waals surface area (Å²) in [7, 11) is 0. The van der Waals surface area contributed by atoms with Crippen LogP contribution < -0.4 is 15.5 Å². The van der Waals surface area contributed by atoms with Crippen LogP contribution in [0.5, 0.6) is 5.75 Å². The third-order valence-electron chi connectivity index (χ3n) is 5.69. The summed E-state index contributed by atoms with van der Waals surface area (Å²) in [6.07, 6.45) is 1.49. The fourth-order valence-electron chi connectivity index (χ4n) is 3.60. The first kappa shape index (κ1) is 27.3. The van der Waals surface area contributed by atoms with E-state index in [1.54, 1.807) is 42.5 Å². The van der Waals surface area contributed by atoms with Gasteiger partial charge in [-0.3, -0.25) is 4.79 Å². The number of amides is 1. The van der Waals surface area contributed by atoms with Gasteiger partial charge in [-0.1, -0.05) is 47.5 Å². The van der Waals surface area contributed by atoms with E-state index in [4.69, 9.17) is 27.9 Å². The number of thiazole rings is 1. The maximum Gasteiger partial charge on any atom is 0.271 e. The molecule has 1 amide bonds. The van der Waals surface area contributed by atoms with Crippen molar-refractivity contribution in [2.24, 2.45) is 5.10 Å². The van der Waals surface area contributed by atoms with Crippen molar-refractivity contribution < 1.29 is 13.9 Å². The molecule has 5 aromatic rings. The minimum absolute atomic E-state index is 0.256. The van der Waals surface area contributed by atoms with E-state index in [9.17, 15) is 9.18 Å². The molecule has 40 heavy (non-hydrogen) atoms. The smallest absolute Gasteiger partial charge is 0.271 e. The van der Waals surface area contributed by atoms with Gasteiger partial charge < -0.3 is 10.1 Å². The summed E-state index contributed by atoms with van der Waals surface area (Å²) < 4.78 is 18.8. The number of hydrogen-bond acceptors (Lipinski definition) is 6. The minimum atomic E-state index is -0.350. The van der Waals surface area contributed by atoms with Crippen LogP contribution in [-0.2, 0) is 6.61 Å². The molecule has 4 aromatic carbocycles. The second-order valence-corrected chi connectivity index (χ2v) is 10.3. The fourth-order valence-corrected chi connectivity index (χ4v) is 4.71. The number of hydrazone groups is 1. The van der Waals surface area contributed by atoms with Crippen LogP contribution in [0.3, 0.4) is 0 Å². The normalized spacial score (nSPS) is 11.0. The molecule has 10 heteroatoms. The molecule has 5 rings (SSSR count). The molecule has 0 saturated heterocycles. The molecule has 0 unspecified atom stereocenters. The topological polar surface area (TPSA) is 75.6 Å². The zero-order valence-electron chi connectivity index (χ0n) is 20.8. The molecular weight excluding hydrogens is 570 g/mol. The average molecular weight is 591 g/mol. The van der Waals surface area contributed by atoms with E-state index < -0.39 is 0 Å². The van der Waals surface area contributed by atoms with E-state index in [-0.39, 0.29) is 18.3 Å². The quantitative estimate of drug-likeness (QED) is 0.134. The van der Waals surface area contributed by atoms with Gasteiger partial charge in [0, 0.05) is 27.2 Å². The molecule has 6 nitrogen and oxygen atoms in total. The van der Waals surface area contributed by atoms with Crippen molar-refractivity contribution >= 4 is 57.5 Å². The Morgan fingerprint density at radius 3 is 2.45 bits per heavy atom. The van der Waals surface area contributed by atoms with E-state index in [1.165, 1.54) is 29.7 Å². The van der Waals surface area contributed by atoms with Crippen LogP contribution >= 0.6 is 34.5 Å². The molecule has 0 spiro atoms. The van der Waals surface area contributed by atoms with E-state index in [1.807, 2.05) is 41.8 Å². The summed E-state index contributed by atoms with van der Waals surface area (Å²) in [6.45, 7) is 0.256. The number of halogens is 3. The number of ether oxygens (including phenoxy) is 1. The van der Waals surface area contributed by atoms with Gasteiger partial charge in [-0.25, -0.2) is 14.8 Å². The highest BCUT2D eigenvalue weighted by Crippen LogP contribution is 2.28. The summed E-state index contributed by atoms with van der Waals surface area (Å²) in [6, 6.07) is 25.7. The number of nitrogens with zero attached hydrogens (tertiary/aromatic N) is 2. The lowest BCUT2D eigenvalue weighted by Gasteiger charge is -2.08. The fraction of sp³-hybridized carbons (Fsp3) is 0.0333. The first-order valence-corrected chi connectivity index (χ1v) is 13.7. The third kappa shape index (κ3) is 7.24. The third-order valence-corrected chi connectivity index (χ3v) is 6.99. The Labute approximate surface area is 244 Å². The predicted octanol–water partition coefficient (Wildman–Crippen LogP) is 8.34. The number of benzene rings is 4. The van der Waals surface area contributed by atoms with Crippen molar-refractivity contribution in [1.29, 1.82) is 0 Å². The van der Waals surface area contributed by atoms with Crippen LogP contribution in [0.15, 0.2) is 101 Å². The Morgan fingerprint density at radius 1 is 0.975 bits per heavy atom. The average Bonchev–Trinajstić information content (AvgIpc) is 3.43. The van der Waals surface area contributed by atoms with Crippen LogP contribution in [0.2, 0.25) is 10.0 Å². The Morgan fingerprint density at radius 2 is 1.73 bits per heavy atom. The number of carbonyl (C=O) groups excluding carboxylic acids is 1. The highest BCUT2D eigenvalue weighted by molar-refractivity contribution is 7.14. The van der Waals surface area contributed by atoms with Gasteiger partial charge in [0.2, 0.25) is 0 Å². The van der Waals surface area contributed by atoms with Crippen molar-refractivity contribution in [2.75, 3.05) is 5.32 Å². The molecule has 0 radical (unpaired) electrons. The highest BCUT2D eigenvalue weighted by atomic mass is 35.5. The molecule has 0 aliphatic rings. The molecule has 200 valence electrons. The first-order valence-electron chi connectivity index (χ1n) is 12.0. The molecule has 0 aliphatic carbocycles. The summed E-state index contributed by atoms with van der Waals surface area (Å²) in [5, 5.41) is 11.0. The second-order valence-electron chi connectivity index (χ2n) is 8.55. The summed E-state index contributed by atoms with van der Waals surface area (Å²) in [4.78, 5) is 17.2. The predicted molar refractivity (Wildman–Crippen MR) is 160 cm³/mol.